The lowest BCUT2D eigenvalue weighted by Crippen LogP contribution is -2.44. The van der Waals surface area contributed by atoms with Crippen LogP contribution in [0, 0.1) is 11.8 Å². The van der Waals surface area contributed by atoms with Gasteiger partial charge in [-0.3, -0.25) is 9.59 Å². The summed E-state index contributed by atoms with van der Waals surface area (Å²) in [6, 6.07) is 0. The first kappa shape index (κ1) is 13.3. The molecule has 18 heavy (non-hydrogen) atoms. The fraction of sp³-hybridized carbons (Fsp3) is 0.846. The van der Waals surface area contributed by atoms with Gasteiger partial charge in [0.1, 0.15) is 0 Å². The summed E-state index contributed by atoms with van der Waals surface area (Å²) in [6.45, 7) is 8.38. The Kier molecular flexibility index (Phi) is 3.61. The first-order valence-electron chi connectivity index (χ1n) is 6.57. The molecule has 5 nitrogen and oxygen atoms in total. The second-order valence-corrected chi connectivity index (χ2v) is 6.13. The van der Waals surface area contributed by atoms with Crippen LogP contribution in [-0.4, -0.2) is 48.6 Å². The number of hydrogen-bond donors (Lipinski definition) is 1. The number of ether oxygens (including phenoxy) is 1. The van der Waals surface area contributed by atoms with E-state index in [9.17, 15) is 9.59 Å². The third-order valence-corrected chi connectivity index (χ3v) is 3.27. The van der Waals surface area contributed by atoms with E-state index in [1.807, 2.05) is 25.7 Å². The Morgan fingerprint density at radius 2 is 1.78 bits per heavy atom. The predicted molar refractivity (Wildman–Crippen MR) is 66.9 cm³/mol. The number of rotatable bonds is 2. The van der Waals surface area contributed by atoms with Crippen LogP contribution < -0.4 is 5.32 Å². The van der Waals surface area contributed by atoms with Crippen molar-refractivity contribution < 1.29 is 14.3 Å². The summed E-state index contributed by atoms with van der Waals surface area (Å²) in [5, 5.41) is 2.93. The molecule has 5 heteroatoms. The Hall–Kier alpha value is -1.10. The van der Waals surface area contributed by atoms with E-state index in [0.29, 0.717) is 32.7 Å². The summed E-state index contributed by atoms with van der Waals surface area (Å²) in [6.07, 6.45) is 0.693. The molecular formula is C13H22N2O3. The Bertz CT molecular complexity index is 343. The molecule has 2 aliphatic rings. The number of morpholine rings is 1. The van der Waals surface area contributed by atoms with Crippen molar-refractivity contribution in [2.24, 2.45) is 11.8 Å². The molecule has 1 saturated heterocycles. The Balaban J connectivity index is 1.83. The molecule has 2 rings (SSSR count). The van der Waals surface area contributed by atoms with Crippen LogP contribution in [0.2, 0.25) is 0 Å². The normalized spacial score (nSPS) is 27.8. The van der Waals surface area contributed by atoms with Gasteiger partial charge < -0.3 is 15.0 Å². The molecule has 1 N–H and O–H groups in total. The van der Waals surface area contributed by atoms with Crippen LogP contribution >= 0.6 is 0 Å². The highest BCUT2D eigenvalue weighted by Gasteiger charge is 2.50. The third-order valence-electron chi connectivity index (χ3n) is 3.27. The fourth-order valence-corrected chi connectivity index (χ4v) is 2.24. The van der Waals surface area contributed by atoms with E-state index in [2.05, 4.69) is 5.32 Å². The minimum absolute atomic E-state index is 0.00843. The quantitative estimate of drug-likeness (QED) is 0.776. The van der Waals surface area contributed by atoms with Gasteiger partial charge in [0.15, 0.2) is 0 Å². The molecular weight excluding hydrogens is 232 g/mol. The van der Waals surface area contributed by atoms with Crippen LogP contribution in [0.3, 0.4) is 0 Å². The van der Waals surface area contributed by atoms with Crippen molar-refractivity contribution in [2.45, 2.75) is 32.7 Å². The van der Waals surface area contributed by atoms with E-state index in [1.165, 1.54) is 0 Å². The molecule has 2 fully saturated rings. The van der Waals surface area contributed by atoms with Crippen LogP contribution in [0.5, 0.6) is 0 Å². The van der Waals surface area contributed by atoms with Crippen molar-refractivity contribution in [1.82, 2.24) is 10.2 Å². The Labute approximate surface area is 108 Å². The molecule has 0 aromatic heterocycles. The predicted octanol–water partition coefficient (Wildman–Crippen LogP) is 0.396. The van der Waals surface area contributed by atoms with Crippen molar-refractivity contribution in [3.05, 3.63) is 0 Å². The highest BCUT2D eigenvalue weighted by molar-refractivity contribution is 5.92. The molecule has 1 saturated carbocycles. The van der Waals surface area contributed by atoms with Crippen LogP contribution in [0.15, 0.2) is 0 Å². The molecule has 1 heterocycles. The van der Waals surface area contributed by atoms with Gasteiger partial charge in [0.2, 0.25) is 11.8 Å². The van der Waals surface area contributed by atoms with E-state index >= 15 is 0 Å². The first-order chi connectivity index (χ1) is 8.38. The Morgan fingerprint density at radius 3 is 2.33 bits per heavy atom. The van der Waals surface area contributed by atoms with E-state index < -0.39 is 0 Å². The van der Waals surface area contributed by atoms with E-state index in [1.54, 1.807) is 0 Å². The molecule has 1 aliphatic heterocycles. The average Bonchev–Trinajstić information content (AvgIpc) is 3.07. The third kappa shape index (κ3) is 3.22. The van der Waals surface area contributed by atoms with Crippen molar-refractivity contribution >= 4 is 11.8 Å². The standard InChI is InChI=1S/C13H22N2O3/c1-13(2,3)14-11(16)9-8-10(9)12(17)15-4-6-18-7-5-15/h9-10H,4-8H2,1-3H3,(H,14,16). The number of amides is 2. The highest BCUT2D eigenvalue weighted by atomic mass is 16.5. The lowest BCUT2D eigenvalue weighted by molar-refractivity contribution is -0.138. The number of carbonyl (C=O) groups excluding carboxylic acids is 2. The largest absolute Gasteiger partial charge is 0.378 e. The van der Waals surface area contributed by atoms with Gasteiger partial charge in [-0.05, 0) is 27.2 Å². The monoisotopic (exact) mass is 254 g/mol. The summed E-state index contributed by atoms with van der Waals surface area (Å²) in [5.74, 6) is -0.105. The smallest absolute Gasteiger partial charge is 0.226 e. The summed E-state index contributed by atoms with van der Waals surface area (Å²) < 4.78 is 5.22. The zero-order valence-electron chi connectivity index (χ0n) is 11.4. The summed E-state index contributed by atoms with van der Waals surface area (Å²) in [4.78, 5) is 25.9. The Morgan fingerprint density at radius 1 is 1.17 bits per heavy atom. The second kappa shape index (κ2) is 4.88. The molecule has 0 aromatic rings. The summed E-state index contributed by atoms with van der Waals surface area (Å²) in [7, 11) is 0. The van der Waals surface area contributed by atoms with Crippen LogP contribution in [0.4, 0.5) is 0 Å². The van der Waals surface area contributed by atoms with Gasteiger partial charge in [0.25, 0.3) is 0 Å². The fourth-order valence-electron chi connectivity index (χ4n) is 2.24. The molecule has 2 unspecified atom stereocenters. The molecule has 0 bridgehead atoms. The minimum Gasteiger partial charge on any atom is -0.378 e. The maximum absolute atomic E-state index is 12.1. The van der Waals surface area contributed by atoms with E-state index in [-0.39, 0.29) is 29.2 Å². The first-order valence-corrected chi connectivity index (χ1v) is 6.57. The van der Waals surface area contributed by atoms with Crippen molar-refractivity contribution in [2.75, 3.05) is 26.3 Å². The van der Waals surface area contributed by atoms with E-state index in [0.717, 1.165) is 0 Å². The van der Waals surface area contributed by atoms with Crippen LogP contribution in [0.25, 0.3) is 0 Å². The molecule has 2 atom stereocenters. The van der Waals surface area contributed by atoms with Crippen molar-refractivity contribution in [1.29, 1.82) is 0 Å². The SMILES string of the molecule is CC(C)(C)NC(=O)C1CC1C(=O)N1CCOCC1. The summed E-state index contributed by atoms with van der Waals surface area (Å²) in [5.41, 5.74) is -0.230. The zero-order valence-corrected chi connectivity index (χ0v) is 11.4. The van der Waals surface area contributed by atoms with Crippen LogP contribution in [0.1, 0.15) is 27.2 Å². The number of hydrogen-bond acceptors (Lipinski definition) is 3. The summed E-state index contributed by atoms with van der Waals surface area (Å²) >= 11 is 0. The number of carbonyl (C=O) groups is 2. The maximum Gasteiger partial charge on any atom is 0.226 e. The molecule has 0 radical (unpaired) electrons. The lowest BCUT2D eigenvalue weighted by Gasteiger charge is -2.27. The van der Waals surface area contributed by atoms with Crippen molar-refractivity contribution in [3.63, 3.8) is 0 Å². The van der Waals surface area contributed by atoms with E-state index in [4.69, 9.17) is 4.74 Å². The van der Waals surface area contributed by atoms with Crippen molar-refractivity contribution in [3.8, 4) is 0 Å². The van der Waals surface area contributed by atoms with Gasteiger partial charge in [-0.25, -0.2) is 0 Å². The van der Waals surface area contributed by atoms with Gasteiger partial charge >= 0.3 is 0 Å². The number of nitrogens with zero attached hydrogens (tertiary/aromatic N) is 1. The second-order valence-electron chi connectivity index (χ2n) is 6.13. The molecule has 0 spiro atoms. The van der Waals surface area contributed by atoms with Gasteiger partial charge in [-0.2, -0.15) is 0 Å². The van der Waals surface area contributed by atoms with Gasteiger partial charge in [-0.15, -0.1) is 0 Å². The van der Waals surface area contributed by atoms with Gasteiger partial charge in [-0.1, -0.05) is 0 Å². The zero-order chi connectivity index (χ0) is 13.3. The average molecular weight is 254 g/mol. The topological polar surface area (TPSA) is 58.6 Å². The molecule has 1 aliphatic carbocycles. The van der Waals surface area contributed by atoms with Gasteiger partial charge in [0, 0.05) is 18.6 Å². The molecule has 102 valence electrons. The van der Waals surface area contributed by atoms with Gasteiger partial charge in [0.05, 0.1) is 25.0 Å². The van der Waals surface area contributed by atoms with Crippen LogP contribution in [-0.2, 0) is 14.3 Å². The minimum atomic E-state index is -0.230. The molecule has 2 amide bonds. The molecule has 0 aromatic carbocycles. The highest BCUT2D eigenvalue weighted by Crippen LogP contribution is 2.40. The maximum atomic E-state index is 12.1. The number of nitrogens with one attached hydrogen (secondary N) is 1. The lowest BCUT2D eigenvalue weighted by atomic mass is 10.1.